The quantitative estimate of drug-likeness (QED) is 0.645. The number of morpholine rings is 1. The third-order valence-corrected chi connectivity index (χ3v) is 6.09. The van der Waals surface area contributed by atoms with E-state index in [1.165, 1.54) is 0 Å². The van der Waals surface area contributed by atoms with Crippen LogP contribution in [0.25, 0.3) is 0 Å². The minimum Gasteiger partial charge on any atom is -0.377 e. The molecule has 2 atom stereocenters. The summed E-state index contributed by atoms with van der Waals surface area (Å²) < 4.78 is 68.2. The molecule has 0 radical (unpaired) electrons. The number of nitrogens with zero attached hydrogens (tertiary/aromatic N) is 6. The van der Waals surface area contributed by atoms with E-state index >= 15 is 0 Å². The van der Waals surface area contributed by atoms with Gasteiger partial charge in [-0.05, 0) is 26.2 Å². The number of fused-ring (bicyclic) bond motifs is 1. The summed E-state index contributed by atoms with van der Waals surface area (Å²) in [6, 6.07) is -2.22. The number of ether oxygens (including phenoxy) is 1. The van der Waals surface area contributed by atoms with Crippen LogP contribution in [0.3, 0.4) is 0 Å². The Morgan fingerprint density at radius 2 is 1.94 bits per heavy atom. The zero-order chi connectivity index (χ0) is 22.6. The van der Waals surface area contributed by atoms with Gasteiger partial charge in [-0.3, -0.25) is 9.36 Å². The van der Waals surface area contributed by atoms with Crippen LogP contribution in [0.15, 0.2) is 9.32 Å². The molecule has 174 valence electrons. The van der Waals surface area contributed by atoms with Crippen molar-refractivity contribution in [2.24, 2.45) is 0 Å². The van der Waals surface area contributed by atoms with Crippen LogP contribution < -0.4 is 15.4 Å². The minimum atomic E-state index is -4.59. The lowest BCUT2D eigenvalue weighted by molar-refractivity contribution is -0.153. The maximum absolute atomic E-state index is 15.0. The smallest absolute Gasteiger partial charge is 0.377 e. The van der Waals surface area contributed by atoms with Gasteiger partial charge in [-0.25, -0.2) is 0 Å². The molecule has 1 saturated carbocycles. The van der Waals surface area contributed by atoms with Crippen molar-refractivity contribution in [3.63, 3.8) is 0 Å². The lowest BCUT2D eigenvalue weighted by atomic mass is 10.1. The van der Waals surface area contributed by atoms with Crippen LogP contribution in [-0.2, 0) is 17.8 Å². The molecular formula is C19H22F4N6O3. The van der Waals surface area contributed by atoms with Gasteiger partial charge in [0, 0.05) is 19.0 Å². The maximum Gasteiger partial charge on any atom is 0.408 e. The molecule has 1 saturated heterocycles. The second kappa shape index (κ2) is 7.71. The summed E-state index contributed by atoms with van der Waals surface area (Å²) in [6.07, 6.45) is -3.19. The van der Waals surface area contributed by atoms with E-state index in [0.717, 1.165) is 22.3 Å². The van der Waals surface area contributed by atoms with E-state index in [1.54, 1.807) is 11.8 Å². The van der Waals surface area contributed by atoms with E-state index in [0.29, 0.717) is 19.0 Å². The van der Waals surface area contributed by atoms with Crippen molar-refractivity contribution in [3.8, 4) is 0 Å². The SMILES string of the molecule is C[C@@H]1COCCN1c1nc2n(c(=O)c1F)CC[C@@H](C(F)(F)F)N2Cc1nc(C2CC2)no1. The average molecular weight is 458 g/mol. The number of halogens is 4. The number of aromatic nitrogens is 4. The third kappa shape index (κ3) is 3.71. The Hall–Kier alpha value is -2.70. The number of rotatable bonds is 4. The van der Waals surface area contributed by atoms with Crippen LogP contribution in [0.1, 0.15) is 43.8 Å². The van der Waals surface area contributed by atoms with E-state index in [1.807, 2.05) is 0 Å². The highest BCUT2D eigenvalue weighted by Gasteiger charge is 2.48. The van der Waals surface area contributed by atoms with Crippen LogP contribution in [0, 0.1) is 5.82 Å². The summed E-state index contributed by atoms with van der Waals surface area (Å²) in [7, 11) is 0. The monoisotopic (exact) mass is 458 g/mol. The Kier molecular flexibility index (Phi) is 5.10. The Balaban J connectivity index is 1.57. The van der Waals surface area contributed by atoms with E-state index in [9.17, 15) is 22.4 Å². The van der Waals surface area contributed by atoms with Crippen molar-refractivity contribution >= 4 is 11.8 Å². The van der Waals surface area contributed by atoms with Crippen molar-refractivity contribution in [2.45, 2.75) is 63.5 Å². The predicted molar refractivity (Wildman–Crippen MR) is 103 cm³/mol. The van der Waals surface area contributed by atoms with E-state index in [2.05, 4.69) is 15.1 Å². The molecule has 1 aliphatic carbocycles. The molecule has 0 N–H and O–H groups in total. The van der Waals surface area contributed by atoms with Crippen molar-refractivity contribution < 1.29 is 26.8 Å². The van der Waals surface area contributed by atoms with Crippen molar-refractivity contribution in [2.75, 3.05) is 29.6 Å². The molecule has 0 unspecified atom stereocenters. The van der Waals surface area contributed by atoms with Gasteiger partial charge in [0.15, 0.2) is 11.6 Å². The predicted octanol–water partition coefficient (Wildman–Crippen LogP) is 2.21. The molecule has 0 bridgehead atoms. The number of hydrogen-bond donors (Lipinski definition) is 0. The molecular weight excluding hydrogens is 436 g/mol. The molecule has 0 spiro atoms. The van der Waals surface area contributed by atoms with Gasteiger partial charge in [0.2, 0.25) is 17.7 Å². The summed E-state index contributed by atoms with van der Waals surface area (Å²) in [5.41, 5.74) is -1.00. The van der Waals surface area contributed by atoms with Gasteiger partial charge in [0.1, 0.15) is 12.6 Å². The van der Waals surface area contributed by atoms with E-state index in [4.69, 9.17) is 9.26 Å². The molecule has 4 heterocycles. The molecule has 9 nitrogen and oxygen atoms in total. The van der Waals surface area contributed by atoms with Crippen LogP contribution in [0.4, 0.5) is 29.3 Å². The van der Waals surface area contributed by atoms with Crippen molar-refractivity contribution in [1.29, 1.82) is 0 Å². The zero-order valence-electron chi connectivity index (χ0n) is 17.3. The third-order valence-electron chi connectivity index (χ3n) is 6.09. The standard InChI is InChI=1S/C19H22F4N6O3/c1-10-9-31-7-6-27(10)16-14(20)17(30)28-5-4-12(19(21,22)23)29(18(28)25-16)8-13-24-15(26-32-13)11-2-3-11/h10-12H,2-9H2,1H3/t10-,12+/m1/s1. The molecule has 2 aromatic heterocycles. The normalized spacial score (nSPS) is 24.0. The highest BCUT2D eigenvalue weighted by atomic mass is 19.4. The fourth-order valence-corrected chi connectivity index (χ4v) is 4.22. The summed E-state index contributed by atoms with van der Waals surface area (Å²) in [4.78, 5) is 23.7. The molecule has 0 amide bonds. The fraction of sp³-hybridized carbons (Fsp3) is 0.684. The molecule has 3 aliphatic rings. The first-order valence-electron chi connectivity index (χ1n) is 10.5. The van der Waals surface area contributed by atoms with Gasteiger partial charge in [-0.1, -0.05) is 5.16 Å². The average Bonchev–Trinajstić information content (AvgIpc) is 3.49. The van der Waals surface area contributed by atoms with Gasteiger partial charge in [0.05, 0.1) is 19.3 Å². The lowest BCUT2D eigenvalue weighted by Gasteiger charge is -2.40. The summed E-state index contributed by atoms with van der Waals surface area (Å²) in [5, 5.41) is 3.85. The lowest BCUT2D eigenvalue weighted by Crippen LogP contribution is -2.53. The van der Waals surface area contributed by atoms with E-state index < -0.39 is 30.0 Å². The molecule has 32 heavy (non-hydrogen) atoms. The molecule has 2 aliphatic heterocycles. The van der Waals surface area contributed by atoms with Crippen molar-refractivity contribution in [1.82, 2.24) is 19.7 Å². The first-order valence-corrected chi connectivity index (χ1v) is 10.5. The Bertz CT molecular complexity index is 1070. The Morgan fingerprint density at radius 1 is 1.16 bits per heavy atom. The van der Waals surface area contributed by atoms with Gasteiger partial charge in [0.25, 0.3) is 5.56 Å². The highest BCUT2D eigenvalue weighted by molar-refractivity contribution is 5.48. The zero-order valence-corrected chi connectivity index (χ0v) is 17.3. The number of hydrogen-bond acceptors (Lipinski definition) is 8. The second-order valence-corrected chi connectivity index (χ2v) is 8.42. The molecule has 2 aromatic rings. The van der Waals surface area contributed by atoms with Crippen LogP contribution >= 0.6 is 0 Å². The molecule has 5 rings (SSSR count). The molecule has 13 heteroatoms. The molecule has 0 aromatic carbocycles. The first kappa shape index (κ1) is 21.2. The minimum absolute atomic E-state index is 0.00513. The van der Waals surface area contributed by atoms with Crippen LogP contribution in [0.5, 0.6) is 0 Å². The summed E-state index contributed by atoms with van der Waals surface area (Å²) >= 11 is 0. The molecule has 2 fully saturated rings. The fourth-order valence-electron chi connectivity index (χ4n) is 4.22. The summed E-state index contributed by atoms with van der Waals surface area (Å²) in [6.45, 7) is 1.94. The van der Waals surface area contributed by atoms with Crippen LogP contribution in [-0.4, -0.2) is 57.7 Å². The highest BCUT2D eigenvalue weighted by Crippen LogP contribution is 2.39. The second-order valence-electron chi connectivity index (χ2n) is 8.42. The topological polar surface area (TPSA) is 89.5 Å². The Labute approximate surface area is 180 Å². The van der Waals surface area contributed by atoms with Gasteiger partial charge in [-0.15, -0.1) is 0 Å². The maximum atomic E-state index is 15.0. The number of anilines is 2. The van der Waals surface area contributed by atoms with Crippen LogP contribution in [0.2, 0.25) is 0 Å². The first-order chi connectivity index (χ1) is 15.2. The van der Waals surface area contributed by atoms with E-state index in [-0.39, 0.29) is 49.3 Å². The number of alkyl halides is 3. The van der Waals surface area contributed by atoms with Gasteiger partial charge < -0.3 is 19.1 Å². The van der Waals surface area contributed by atoms with Gasteiger partial charge in [-0.2, -0.15) is 27.5 Å². The summed E-state index contributed by atoms with van der Waals surface area (Å²) in [5.74, 6) is -0.980. The van der Waals surface area contributed by atoms with Crippen molar-refractivity contribution in [3.05, 3.63) is 27.9 Å². The van der Waals surface area contributed by atoms with Gasteiger partial charge >= 0.3 is 6.18 Å². The largest absolute Gasteiger partial charge is 0.408 e. The Morgan fingerprint density at radius 3 is 2.62 bits per heavy atom.